The van der Waals surface area contributed by atoms with Gasteiger partial charge in [-0.05, 0) is 32.6 Å². The molecule has 1 nitrogen and oxygen atoms in total. The summed E-state index contributed by atoms with van der Waals surface area (Å²) in [4.78, 5) is 0. The lowest BCUT2D eigenvalue weighted by Gasteiger charge is -2.25. The quantitative estimate of drug-likeness (QED) is 0.437. The van der Waals surface area contributed by atoms with Gasteiger partial charge >= 0.3 is 0 Å². The van der Waals surface area contributed by atoms with Crippen LogP contribution in [-0.2, 0) is 0 Å². The second kappa shape index (κ2) is 9.32. The minimum absolute atomic E-state index is 0.410. The lowest BCUT2D eigenvalue weighted by molar-refractivity contribution is 0.470. The Hall–Kier alpha value is -0.720. The van der Waals surface area contributed by atoms with Gasteiger partial charge < -0.3 is 5.32 Å². The number of nitrogens with one attached hydrogen (secondary N) is 1. The second-order valence-electron chi connectivity index (χ2n) is 5.34. The zero-order chi connectivity index (χ0) is 13.3. The highest BCUT2D eigenvalue weighted by Gasteiger charge is 2.14. The molecule has 0 saturated heterocycles. The third-order valence-electron chi connectivity index (χ3n) is 3.19. The molecule has 0 aromatic rings. The lowest BCUT2D eigenvalue weighted by Crippen LogP contribution is -2.34. The van der Waals surface area contributed by atoms with Crippen molar-refractivity contribution in [3.63, 3.8) is 0 Å². The zero-order valence-corrected chi connectivity index (χ0v) is 12.5. The van der Waals surface area contributed by atoms with E-state index in [4.69, 9.17) is 0 Å². The molecule has 0 saturated carbocycles. The van der Waals surface area contributed by atoms with Gasteiger partial charge in [0.2, 0.25) is 0 Å². The van der Waals surface area contributed by atoms with Crippen LogP contribution in [0.5, 0.6) is 0 Å². The molecule has 0 heterocycles. The smallest absolute Gasteiger partial charge is 0.0488 e. The molecule has 0 aromatic carbocycles. The first kappa shape index (κ1) is 16.3. The normalized spacial score (nSPS) is 13.9. The first-order valence-electron chi connectivity index (χ1n) is 7.10. The van der Waals surface area contributed by atoms with Gasteiger partial charge in [-0.2, -0.15) is 0 Å². The molecule has 1 N–H and O–H groups in total. The van der Waals surface area contributed by atoms with Crippen LogP contribution in [0.4, 0.5) is 0 Å². The average molecular weight is 237 g/mol. The molecule has 0 unspecified atom stereocenters. The molecule has 17 heavy (non-hydrogen) atoms. The van der Waals surface area contributed by atoms with E-state index in [9.17, 15) is 0 Å². The molecule has 0 aliphatic carbocycles. The van der Waals surface area contributed by atoms with Crippen LogP contribution < -0.4 is 5.32 Å². The molecule has 0 fully saturated rings. The van der Waals surface area contributed by atoms with E-state index in [2.05, 4.69) is 52.6 Å². The number of allylic oxidation sites excluding steroid dienone is 2. The zero-order valence-electron chi connectivity index (χ0n) is 12.5. The Kier molecular flexibility index (Phi) is 8.93. The van der Waals surface area contributed by atoms with E-state index in [0.717, 1.165) is 0 Å². The fraction of sp³-hybridized carbons (Fsp3) is 0.750. The number of hydrogen-bond donors (Lipinski definition) is 1. The van der Waals surface area contributed by atoms with Gasteiger partial charge in [-0.15, -0.1) is 0 Å². The Balaban J connectivity index is 4.15. The minimum atomic E-state index is 0.410. The summed E-state index contributed by atoms with van der Waals surface area (Å²) >= 11 is 0. The molecule has 0 aromatic heterocycles. The van der Waals surface area contributed by atoms with Crippen molar-refractivity contribution >= 4 is 0 Å². The van der Waals surface area contributed by atoms with Gasteiger partial charge in [-0.3, -0.25) is 0 Å². The molecule has 0 aliphatic rings. The molecule has 0 rings (SSSR count). The van der Waals surface area contributed by atoms with E-state index in [1.54, 1.807) is 0 Å². The summed E-state index contributed by atoms with van der Waals surface area (Å²) < 4.78 is 0. The molecule has 0 spiro atoms. The van der Waals surface area contributed by atoms with E-state index in [1.165, 1.54) is 43.4 Å². The van der Waals surface area contributed by atoms with Gasteiger partial charge in [0.1, 0.15) is 0 Å². The first-order chi connectivity index (χ1) is 8.02. The highest BCUT2D eigenvalue weighted by Crippen LogP contribution is 2.15. The summed E-state index contributed by atoms with van der Waals surface area (Å²) in [6.45, 7) is 15.1. The van der Waals surface area contributed by atoms with Crippen molar-refractivity contribution in [3.8, 4) is 0 Å². The molecule has 1 atom stereocenters. The number of rotatable bonds is 9. The molecular weight excluding hydrogens is 206 g/mol. The maximum Gasteiger partial charge on any atom is 0.0488 e. The van der Waals surface area contributed by atoms with Gasteiger partial charge in [0.05, 0.1) is 0 Å². The Morgan fingerprint density at radius 3 is 2.29 bits per heavy atom. The molecular formula is C16H31N. The highest BCUT2D eigenvalue weighted by atomic mass is 14.9. The largest absolute Gasteiger partial charge is 0.382 e. The van der Waals surface area contributed by atoms with Crippen LogP contribution in [0.3, 0.4) is 0 Å². The Morgan fingerprint density at radius 1 is 1.24 bits per heavy atom. The Labute approximate surface area is 108 Å². The van der Waals surface area contributed by atoms with E-state index in [1.807, 2.05) is 0 Å². The molecule has 0 radical (unpaired) electrons. The van der Waals surface area contributed by atoms with E-state index in [-0.39, 0.29) is 0 Å². The van der Waals surface area contributed by atoms with Crippen molar-refractivity contribution in [2.24, 2.45) is 5.92 Å². The van der Waals surface area contributed by atoms with Crippen molar-refractivity contribution in [2.75, 3.05) is 0 Å². The summed E-state index contributed by atoms with van der Waals surface area (Å²) in [7, 11) is 0. The maximum atomic E-state index is 4.08. The van der Waals surface area contributed by atoms with Gasteiger partial charge in [0.15, 0.2) is 0 Å². The molecule has 100 valence electrons. The first-order valence-corrected chi connectivity index (χ1v) is 7.10. The second-order valence-corrected chi connectivity index (χ2v) is 5.34. The van der Waals surface area contributed by atoms with Crippen molar-refractivity contribution < 1.29 is 0 Å². The van der Waals surface area contributed by atoms with Crippen LogP contribution in [-0.4, -0.2) is 6.04 Å². The van der Waals surface area contributed by atoms with Crippen LogP contribution in [0, 0.1) is 5.92 Å². The van der Waals surface area contributed by atoms with Crippen LogP contribution in [0.25, 0.3) is 0 Å². The van der Waals surface area contributed by atoms with Crippen molar-refractivity contribution in [1.29, 1.82) is 0 Å². The topological polar surface area (TPSA) is 12.0 Å². The lowest BCUT2D eigenvalue weighted by atomic mass is 9.97. The fourth-order valence-corrected chi connectivity index (χ4v) is 2.10. The van der Waals surface area contributed by atoms with E-state index >= 15 is 0 Å². The summed E-state index contributed by atoms with van der Waals surface area (Å²) in [5, 5.41) is 3.64. The van der Waals surface area contributed by atoms with Crippen LogP contribution in [0.15, 0.2) is 23.9 Å². The molecule has 0 amide bonds. The number of hydrogen-bond acceptors (Lipinski definition) is 1. The Bertz CT molecular complexity index is 238. The van der Waals surface area contributed by atoms with Crippen molar-refractivity contribution in [2.45, 2.75) is 72.8 Å². The highest BCUT2D eigenvalue weighted by molar-refractivity contribution is 5.10. The third-order valence-corrected chi connectivity index (χ3v) is 3.19. The van der Waals surface area contributed by atoms with Crippen LogP contribution in [0.1, 0.15) is 66.7 Å². The van der Waals surface area contributed by atoms with E-state index in [0.29, 0.717) is 12.0 Å². The Morgan fingerprint density at radius 2 is 1.88 bits per heavy atom. The molecule has 0 bridgehead atoms. The molecule has 1 heteroatoms. The van der Waals surface area contributed by atoms with Gasteiger partial charge in [-0.1, -0.05) is 58.3 Å². The van der Waals surface area contributed by atoms with E-state index < -0.39 is 0 Å². The standard InChI is InChI=1S/C16H31N/c1-7-9-10-11-12-15(8-2)17-16(13(3)4)14(5)6/h8,14,16-17H,3,7,9-12H2,1-2,4-6H3/b15-8-/t16-/m1/s1. The predicted octanol–water partition coefficient (Wildman–Crippen LogP) is 5.05. The van der Waals surface area contributed by atoms with Gasteiger partial charge in [-0.25, -0.2) is 0 Å². The predicted molar refractivity (Wildman–Crippen MR) is 79.1 cm³/mol. The maximum absolute atomic E-state index is 4.08. The summed E-state index contributed by atoms with van der Waals surface area (Å²) in [5.41, 5.74) is 2.61. The molecule has 0 aliphatic heterocycles. The summed E-state index contributed by atoms with van der Waals surface area (Å²) in [5.74, 6) is 0.595. The van der Waals surface area contributed by atoms with Crippen LogP contribution in [0.2, 0.25) is 0 Å². The van der Waals surface area contributed by atoms with Crippen molar-refractivity contribution in [3.05, 3.63) is 23.9 Å². The monoisotopic (exact) mass is 237 g/mol. The summed E-state index contributed by atoms with van der Waals surface area (Å²) in [6.07, 6.45) is 8.68. The van der Waals surface area contributed by atoms with Gasteiger partial charge in [0.25, 0.3) is 0 Å². The third kappa shape index (κ3) is 7.25. The van der Waals surface area contributed by atoms with Crippen LogP contribution >= 0.6 is 0 Å². The fourth-order valence-electron chi connectivity index (χ4n) is 2.10. The SMILES string of the molecule is C=C(C)[C@@H](N/C(=C\C)CCCCCC)C(C)C. The van der Waals surface area contributed by atoms with Gasteiger partial charge in [0, 0.05) is 11.7 Å². The van der Waals surface area contributed by atoms with Crippen molar-refractivity contribution in [1.82, 2.24) is 5.32 Å². The number of unbranched alkanes of at least 4 members (excludes halogenated alkanes) is 3. The minimum Gasteiger partial charge on any atom is -0.382 e. The summed E-state index contributed by atoms with van der Waals surface area (Å²) in [6, 6.07) is 0.410. The average Bonchev–Trinajstić information content (AvgIpc) is 2.27.